The molecule has 3 rings (SSSR count). The second-order valence-corrected chi connectivity index (χ2v) is 4.49. The summed E-state index contributed by atoms with van der Waals surface area (Å²) in [7, 11) is 0. The van der Waals surface area contributed by atoms with E-state index >= 15 is 0 Å². The fourth-order valence-corrected chi connectivity index (χ4v) is 2.27. The molecule has 1 heterocycles. The molecule has 3 aromatic rings. The lowest BCUT2D eigenvalue weighted by Gasteiger charge is -1.99. The molecule has 0 aliphatic heterocycles. The average Bonchev–Trinajstić information content (AvgIpc) is 2.60. The molecular formula is C12H8BrNO. The maximum Gasteiger partial charge on any atom is 0.167 e. The Morgan fingerprint density at radius 3 is 2.93 bits per heavy atom. The zero-order chi connectivity index (χ0) is 10.4. The Balaban J connectivity index is 2.58. The third-order valence-corrected chi connectivity index (χ3v) is 3.08. The fraction of sp³-hybridized carbons (Fsp3) is 0.0833. The molecular weight excluding hydrogens is 254 g/mol. The third kappa shape index (κ3) is 1.27. The van der Waals surface area contributed by atoms with Gasteiger partial charge in [-0.15, -0.1) is 0 Å². The Morgan fingerprint density at radius 1 is 1.20 bits per heavy atom. The molecule has 0 bridgehead atoms. The van der Waals surface area contributed by atoms with Gasteiger partial charge in [0.25, 0.3) is 0 Å². The Morgan fingerprint density at radius 2 is 2.07 bits per heavy atom. The number of hydrogen-bond acceptors (Lipinski definition) is 2. The van der Waals surface area contributed by atoms with Crippen LogP contribution in [-0.2, 0) is 0 Å². The number of rotatable bonds is 0. The summed E-state index contributed by atoms with van der Waals surface area (Å²) in [6.45, 7) is 1.97. The molecule has 0 atom stereocenters. The number of aromatic nitrogens is 1. The standard InChI is InChI=1S/C12H8BrNO/c1-7-12-10-4-3-9(13)6-8(10)2-5-11(12)15-14-7/h2-6H,1H3. The predicted molar refractivity (Wildman–Crippen MR) is 64.0 cm³/mol. The zero-order valence-corrected chi connectivity index (χ0v) is 9.71. The predicted octanol–water partition coefficient (Wildman–Crippen LogP) is 4.05. The topological polar surface area (TPSA) is 26.0 Å². The summed E-state index contributed by atoms with van der Waals surface area (Å²) in [5.41, 5.74) is 1.79. The van der Waals surface area contributed by atoms with Gasteiger partial charge in [-0.25, -0.2) is 0 Å². The minimum Gasteiger partial charge on any atom is -0.356 e. The molecule has 2 nitrogen and oxygen atoms in total. The second-order valence-electron chi connectivity index (χ2n) is 3.57. The molecule has 3 heteroatoms. The van der Waals surface area contributed by atoms with Crippen LogP contribution in [0.5, 0.6) is 0 Å². The number of hydrogen-bond donors (Lipinski definition) is 0. The van der Waals surface area contributed by atoms with E-state index in [1.165, 1.54) is 10.8 Å². The van der Waals surface area contributed by atoms with Crippen molar-refractivity contribution in [3.8, 4) is 0 Å². The van der Waals surface area contributed by atoms with E-state index in [4.69, 9.17) is 4.52 Å². The highest BCUT2D eigenvalue weighted by molar-refractivity contribution is 9.10. The molecule has 0 aliphatic rings. The molecule has 15 heavy (non-hydrogen) atoms. The van der Waals surface area contributed by atoms with Crippen LogP contribution in [0.2, 0.25) is 0 Å². The molecule has 2 aromatic carbocycles. The lowest BCUT2D eigenvalue weighted by atomic mass is 10.1. The van der Waals surface area contributed by atoms with Gasteiger partial charge in [-0.3, -0.25) is 0 Å². The number of aryl methyl sites for hydroxylation is 1. The van der Waals surface area contributed by atoms with Crippen molar-refractivity contribution in [3.63, 3.8) is 0 Å². The van der Waals surface area contributed by atoms with E-state index < -0.39 is 0 Å². The number of nitrogens with zero attached hydrogens (tertiary/aromatic N) is 1. The molecule has 0 fully saturated rings. The van der Waals surface area contributed by atoms with Gasteiger partial charge in [0.05, 0.1) is 11.1 Å². The van der Waals surface area contributed by atoms with Gasteiger partial charge in [0, 0.05) is 4.47 Å². The van der Waals surface area contributed by atoms with Gasteiger partial charge in [0.15, 0.2) is 5.58 Å². The highest BCUT2D eigenvalue weighted by Gasteiger charge is 2.07. The summed E-state index contributed by atoms with van der Waals surface area (Å²) in [6, 6.07) is 10.2. The minimum atomic E-state index is 0.849. The van der Waals surface area contributed by atoms with Crippen LogP contribution in [0.15, 0.2) is 39.3 Å². The van der Waals surface area contributed by atoms with Crippen molar-refractivity contribution in [2.45, 2.75) is 6.92 Å². The van der Waals surface area contributed by atoms with Crippen LogP contribution in [0.1, 0.15) is 5.69 Å². The van der Waals surface area contributed by atoms with Gasteiger partial charge in [-0.1, -0.05) is 33.2 Å². The highest BCUT2D eigenvalue weighted by atomic mass is 79.9. The molecule has 0 spiro atoms. The van der Waals surface area contributed by atoms with Gasteiger partial charge >= 0.3 is 0 Å². The van der Waals surface area contributed by atoms with Crippen molar-refractivity contribution >= 4 is 37.7 Å². The SMILES string of the molecule is Cc1noc2ccc3cc(Br)ccc3c12. The van der Waals surface area contributed by atoms with Gasteiger partial charge in [0.2, 0.25) is 0 Å². The minimum absolute atomic E-state index is 0.849. The lowest BCUT2D eigenvalue weighted by Crippen LogP contribution is -1.76. The number of fused-ring (bicyclic) bond motifs is 3. The van der Waals surface area contributed by atoms with Crippen LogP contribution in [0, 0.1) is 6.92 Å². The van der Waals surface area contributed by atoms with Crippen molar-refractivity contribution < 1.29 is 4.52 Å². The Labute approximate surface area is 95.0 Å². The quantitative estimate of drug-likeness (QED) is 0.610. The molecule has 0 N–H and O–H groups in total. The van der Waals surface area contributed by atoms with Crippen LogP contribution < -0.4 is 0 Å². The van der Waals surface area contributed by atoms with Crippen LogP contribution in [0.4, 0.5) is 0 Å². The van der Waals surface area contributed by atoms with Crippen molar-refractivity contribution in [2.75, 3.05) is 0 Å². The van der Waals surface area contributed by atoms with Crippen molar-refractivity contribution in [1.29, 1.82) is 0 Å². The van der Waals surface area contributed by atoms with Crippen LogP contribution in [0.3, 0.4) is 0 Å². The van der Waals surface area contributed by atoms with E-state index in [9.17, 15) is 0 Å². The summed E-state index contributed by atoms with van der Waals surface area (Å²) < 4.78 is 6.31. The van der Waals surface area contributed by atoms with Gasteiger partial charge in [0.1, 0.15) is 0 Å². The molecule has 74 valence electrons. The van der Waals surface area contributed by atoms with Crippen LogP contribution in [0.25, 0.3) is 21.7 Å². The van der Waals surface area contributed by atoms with Crippen LogP contribution in [-0.4, -0.2) is 5.16 Å². The van der Waals surface area contributed by atoms with E-state index in [1.54, 1.807) is 0 Å². The summed E-state index contributed by atoms with van der Waals surface area (Å²) in [5.74, 6) is 0. The molecule has 1 aromatic heterocycles. The molecule has 0 aliphatic carbocycles. The first-order chi connectivity index (χ1) is 7.25. The van der Waals surface area contributed by atoms with Crippen molar-refractivity contribution in [1.82, 2.24) is 5.16 Å². The van der Waals surface area contributed by atoms with Crippen molar-refractivity contribution in [2.24, 2.45) is 0 Å². The number of benzene rings is 2. The van der Waals surface area contributed by atoms with Crippen molar-refractivity contribution in [3.05, 3.63) is 40.5 Å². The van der Waals surface area contributed by atoms with Gasteiger partial charge in [-0.2, -0.15) is 0 Å². The summed E-state index contributed by atoms with van der Waals surface area (Å²) in [4.78, 5) is 0. The van der Waals surface area contributed by atoms with Gasteiger partial charge < -0.3 is 4.52 Å². The van der Waals surface area contributed by atoms with E-state index in [2.05, 4.69) is 33.2 Å². The molecule has 0 saturated heterocycles. The number of halogens is 1. The van der Waals surface area contributed by atoms with E-state index in [0.717, 1.165) is 21.1 Å². The first kappa shape index (κ1) is 8.92. The monoisotopic (exact) mass is 261 g/mol. The third-order valence-electron chi connectivity index (χ3n) is 2.59. The maximum absolute atomic E-state index is 5.23. The normalized spacial score (nSPS) is 11.3. The first-order valence-corrected chi connectivity index (χ1v) is 5.49. The maximum atomic E-state index is 5.23. The lowest BCUT2D eigenvalue weighted by molar-refractivity contribution is 0.450. The molecule has 0 unspecified atom stereocenters. The smallest absolute Gasteiger partial charge is 0.167 e. The average molecular weight is 262 g/mol. The highest BCUT2D eigenvalue weighted by Crippen LogP contribution is 2.29. The molecule has 0 saturated carbocycles. The first-order valence-electron chi connectivity index (χ1n) is 4.70. The molecule has 0 amide bonds. The largest absolute Gasteiger partial charge is 0.356 e. The summed E-state index contributed by atoms with van der Waals surface area (Å²) in [6.07, 6.45) is 0. The van der Waals surface area contributed by atoms with E-state index in [-0.39, 0.29) is 0 Å². The van der Waals surface area contributed by atoms with Gasteiger partial charge in [-0.05, 0) is 35.9 Å². The summed E-state index contributed by atoms with van der Waals surface area (Å²) >= 11 is 3.47. The Bertz CT molecular complexity index is 657. The fourth-order valence-electron chi connectivity index (χ4n) is 1.89. The zero-order valence-electron chi connectivity index (χ0n) is 8.12. The second kappa shape index (κ2) is 3.07. The summed E-state index contributed by atoms with van der Waals surface area (Å²) in [5, 5.41) is 7.48. The van der Waals surface area contributed by atoms with E-state index in [0.29, 0.717) is 0 Å². The van der Waals surface area contributed by atoms with E-state index in [1.807, 2.05) is 25.1 Å². The Hall–Kier alpha value is -1.35. The Kier molecular flexibility index (Phi) is 1.83. The molecule has 0 radical (unpaired) electrons. The van der Waals surface area contributed by atoms with Crippen LogP contribution >= 0.6 is 15.9 Å².